The van der Waals surface area contributed by atoms with Crippen LogP contribution in [0, 0.1) is 12.8 Å². The summed E-state index contributed by atoms with van der Waals surface area (Å²) in [5.41, 5.74) is 3.09. The lowest BCUT2D eigenvalue weighted by atomic mass is 9.73. The Balaban J connectivity index is 1.36. The number of hydrogen-bond acceptors (Lipinski definition) is 2. The number of nitrogens with one attached hydrogen (secondary N) is 1. The highest BCUT2D eigenvalue weighted by molar-refractivity contribution is 5.31. The molecule has 0 aromatic heterocycles. The molecule has 2 heteroatoms. The monoisotopic (exact) mass is 298 g/mol. The van der Waals surface area contributed by atoms with E-state index in [1.165, 1.54) is 63.7 Å². The third-order valence-corrected chi connectivity index (χ3v) is 6.09. The predicted molar refractivity (Wildman–Crippen MR) is 92.3 cm³/mol. The van der Waals surface area contributed by atoms with Gasteiger partial charge in [-0.1, -0.05) is 24.3 Å². The van der Waals surface area contributed by atoms with Crippen molar-refractivity contribution >= 4 is 0 Å². The number of benzene rings is 1. The molecular weight excluding hydrogens is 268 g/mol. The minimum atomic E-state index is 0.817. The normalized spacial score (nSPS) is 32.0. The summed E-state index contributed by atoms with van der Waals surface area (Å²) in [5, 5.41) is 3.59. The highest BCUT2D eigenvalue weighted by Crippen LogP contribution is 2.44. The van der Waals surface area contributed by atoms with Crippen LogP contribution in [-0.4, -0.2) is 36.6 Å². The lowest BCUT2D eigenvalue weighted by molar-refractivity contribution is 0.0778. The average molecular weight is 298 g/mol. The van der Waals surface area contributed by atoms with Crippen LogP contribution in [-0.2, 0) is 0 Å². The van der Waals surface area contributed by atoms with E-state index in [4.69, 9.17) is 0 Å². The topological polar surface area (TPSA) is 15.3 Å². The minimum absolute atomic E-state index is 0.817. The summed E-state index contributed by atoms with van der Waals surface area (Å²) in [6.07, 6.45) is 8.49. The lowest BCUT2D eigenvalue weighted by Gasteiger charge is -2.45. The van der Waals surface area contributed by atoms with Crippen LogP contribution in [0.15, 0.2) is 24.3 Å². The van der Waals surface area contributed by atoms with E-state index >= 15 is 0 Å². The fourth-order valence-corrected chi connectivity index (χ4v) is 4.54. The maximum atomic E-state index is 3.59. The fourth-order valence-electron chi connectivity index (χ4n) is 4.54. The zero-order valence-electron chi connectivity index (χ0n) is 13.9. The molecule has 3 fully saturated rings. The van der Waals surface area contributed by atoms with E-state index < -0.39 is 0 Å². The molecule has 0 spiro atoms. The molecule has 1 aliphatic heterocycles. The van der Waals surface area contributed by atoms with Gasteiger partial charge in [0.15, 0.2) is 0 Å². The second-order valence-corrected chi connectivity index (χ2v) is 7.82. The van der Waals surface area contributed by atoms with E-state index in [2.05, 4.69) is 41.4 Å². The van der Waals surface area contributed by atoms with Gasteiger partial charge in [0.1, 0.15) is 0 Å². The van der Waals surface area contributed by atoms with Gasteiger partial charge in [-0.2, -0.15) is 0 Å². The summed E-state index contributed by atoms with van der Waals surface area (Å²) < 4.78 is 0. The molecule has 2 saturated carbocycles. The molecule has 1 aromatic carbocycles. The maximum Gasteiger partial charge on any atom is 0.0110 e. The highest BCUT2D eigenvalue weighted by atomic mass is 15.2. The summed E-state index contributed by atoms with van der Waals surface area (Å²) in [4.78, 5) is 2.90. The molecular formula is C20H30N2. The van der Waals surface area contributed by atoms with Gasteiger partial charge in [0.05, 0.1) is 0 Å². The van der Waals surface area contributed by atoms with Gasteiger partial charge in [-0.25, -0.2) is 0 Å². The van der Waals surface area contributed by atoms with Crippen LogP contribution in [0.1, 0.15) is 55.6 Å². The van der Waals surface area contributed by atoms with E-state index in [1.54, 1.807) is 5.56 Å². The molecule has 1 saturated heterocycles. The smallest absolute Gasteiger partial charge is 0.0110 e. The Kier molecular flexibility index (Phi) is 4.23. The SMILES string of the molecule is Cc1ccccc1C1CC(N(CC2CCCNC2)C2CC2)C1. The van der Waals surface area contributed by atoms with Gasteiger partial charge in [-0.3, -0.25) is 4.90 Å². The van der Waals surface area contributed by atoms with Crippen LogP contribution < -0.4 is 5.32 Å². The molecule has 2 aliphatic carbocycles. The van der Waals surface area contributed by atoms with Gasteiger partial charge in [0, 0.05) is 18.6 Å². The number of piperidine rings is 1. The lowest BCUT2D eigenvalue weighted by Crippen LogP contribution is -2.49. The molecule has 120 valence electrons. The Labute approximate surface area is 135 Å². The van der Waals surface area contributed by atoms with Crippen molar-refractivity contribution in [3.8, 4) is 0 Å². The Morgan fingerprint density at radius 1 is 1.09 bits per heavy atom. The third-order valence-electron chi connectivity index (χ3n) is 6.09. The van der Waals surface area contributed by atoms with E-state index in [0.29, 0.717) is 0 Å². The molecule has 22 heavy (non-hydrogen) atoms. The van der Waals surface area contributed by atoms with Crippen molar-refractivity contribution in [3.05, 3.63) is 35.4 Å². The molecule has 1 heterocycles. The van der Waals surface area contributed by atoms with E-state index in [1.807, 2.05) is 0 Å². The summed E-state index contributed by atoms with van der Waals surface area (Å²) in [5.74, 6) is 1.71. The van der Waals surface area contributed by atoms with Gasteiger partial charge in [-0.05, 0) is 81.5 Å². The fraction of sp³-hybridized carbons (Fsp3) is 0.700. The molecule has 1 atom stereocenters. The first-order chi connectivity index (χ1) is 10.8. The summed E-state index contributed by atoms with van der Waals surface area (Å²) in [7, 11) is 0. The van der Waals surface area contributed by atoms with Crippen LogP contribution >= 0.6 is 0 Å². The quantitative estimate of drug-likeness (QED) is 0.891. The van der Waals surface area contributed by atoms with Gasteiger partial charge in [0.2, 0.25) is 0 Å². The first-order valence-corrected chi connectivity index (χ1v) is 9.33. The van der Waals surface area contributed by atoms with Crippen molar-refractivity contribution in [3.63, 3.8) is 0 Å². The average Bonchev–Trinajstić information content (AvgIpc) is 3.32. The van der Waals surface area contributed by atoms with E-state index in [-0.39, 0.29) is 0 Å². The van der Waals surface area contributed by atoms with Crippen molar-refractivity contribution in [2.75, 3.05) is 19.6 Å². The molecule has 1 aromatic rings. The highest BCUT2D eigenvalue weighted by Gasteiger charge is 2.41. The molecule has 3 aliphatic rings. The molecule has 1 unspecified atom stereocenters. The predicted octanol–water partition coefficient (Wildman–Crippen LogP) is 3.71. The second kappa shape index (κ2) is 6.33. The van der Waals surface area contributed by atoms with Crippen molar-refractivity contribution in [2.45, 2.75) is 63.5 Å². The third kappa shape index (κ3) is 3.09. The largest absolute Gasteiger partial charge is 0.316 e. The van der Waals surface area contributed by atoms with Crippen molar-refractivity contribution in [1.82, 2.24) is 10.2 Å². The van der Waals surface area contributed by atoms with E-state index in [9.17, 15) is 0 Å². The molecule has 4 rings (SSSR count). The van der Waals surface area contributed by atoms with Gasteiger partial charge < -0.3 is 5.32 Å². The standard InChI is InChI=1S/C20H30N2/c1-15-5-2-3-7-20(15)17-11-19(12-17)22(18-8-9-18)14-16-6-4-10-21-13-16/h2-3,5,7,16-19,21H,4,6,8-14H2,1H3. The zero-order chi connectivity index (χ0) is 14.9. The Bertz CT molecular complexity index is 496. The first-order valence-electron chi connectivity index (χ1n) is 9.33. The Morgan fingerprint density at radius 3 is 2.59 bits per heavy atom. The van der Waals surface area contributed by atoms with E-state index in [0.717, 1.165) is 23.9 Å². The van der Waals surface area contributed by atoms with Crippen LogP contribution in [0.3, 0.4) is 0 Å². The summed E-state index contributed by atoms with van der Waals surface area (Å²) >= 11 is 0. The van der Waals surface area contributed by atoms with Crippen LogP contribution in [0.4, 0.5) is 0 Å². The van der Waals surface area contributed by atoms with Crippen molar-refractivity contribution < 1.29 is 0 Å². The second-order valence-electron chi connectivity index (χ2n) is 7.82. The minimum Gasteiger partial charge on any atom is -0.316 e. The van der Waals surface area contributed by atoms with Crippen molar-refractivity contribution in [1.29, 1.82) is 0 Å². The number of hydrogen-bond donors (Lipinski definition) is 1. The molecule has 2 nitrogen and oxygen atoms in total. The Morgan fingerprint density at radius 2 is 1.91 bits per heavy atom. The molecule has 0 amide bonds. The maximum absolute atomic E-state index is 3.59. The Hall–Kier alpha value is -0.860. The first kappa shape index (κ1) is 14.7. The van der Waals surface area contributed by atoms with Crippen LogP contribution in [0.5, 0.6) is 0 Å². The van der Waals surface area contributed by atoms with Crippen molar-refractivity contribution in [2.24, 2.45) is 5.92 Å². The van der Waals surface area contributed by atoms with Crippen LogP contribution in [0.2, 0.25) is 0 Å². The molecule has 1 N–H and O–H groups in total. The molecule has 0 radical (unpaired) electrons. The summed E-state index contributed by atoms with van der Waals surface area (Å²) in [6, 6.07) is 10.8. The summed E-state index contributed by atoms with van der Waals surface area (Å²) in [6.45, 7) is 6.10. The van der Waals surface area contributed by atoms with Gasteiger partial charge in [-0.15, -0.1) is 0 Å². The number of rotatable bonds is 5. The number of aryl methyl sites for hydroxylation is 1. The zero-order valence-corrected chi connectivity index (χ0v) is 13.9. The van der Waals surface area contributed by atoms with Crippen LogP contribution in [0.25, 0.3) is 0 Å². The molecule has 0 bridgehead atoms. The van der Waals surface area contributed by atoms with Gasteiger partial charge in [0.25, 0.3) is 0 Å². The number of nitrogens with zero attached hydrogens (tertiary/aromatic N) is 1. The van der Waals surface area contributed by atoms with Gasteiger partial charge >= 0.3 is 0 Å².